The third-order valence-corrected chi connectivity index (χ3v) is 13.8. The lowest BCUT2D eigenvalue weighted by atomic mass is 9.43. The minimum Gasteiger partial charge on any atom is -0.393 e. The van der Waals surface area contributed by atoms with Crippen molar-refractivity contribution in [3.8, 4) is 0 Å². The predicted molar refractivity (Wildman–Crippen MR) is 182 cm³/mol. The van der Waals surface area contributed by atoms with Crippen molar-refractivity contribution < 1.29 is 22.3 Å². The molecule has 9 nitrogen and oxygen atoms in total. The number of nitrogens with two attached hydrogens (primary N) is 1. The van der Waals surface area contributed by atoms with Gasteiger partial charge in [-0.2, -0.15) is 8.42 Å². The standard InChI is InChI=1S/C35H68N4O5S/c1-24(2)32(44-45(41,42)43)11-8-25(3)28-9-10-29-33-30(13-15-35(28,29)5)34(4)14-12-27(22-26(34)23-31(33)40)39-19-7-18-38-21-20-37-17-6-16-36/h24-33,37-40H,6-23,36H2,1-5H3,(H,41,42,43)/t25-,26?,27-,28+,29?,30?,31-,32+,33?,34-,35+/m0/s1. The summed E-state index contributed by atoms with van der Waals surface area (Å²) in [6.07, 6.45) is 12.5. The van der Waals surface area contributed by atoms with Crippen LogP contribution < -0.4 is 21.7 Å². The van der Waals surface area contributed by atoms with Gasteiger partial charge in [0.2, 0.25) is 0 Å². The van der Waals surface area contributed by atoms with Gasteiger partial charge in [0.05, 0.1) is 12.2 Å². The third-order valence-electron chi connectivity index (χ3n) is 13.3. The molecule has 4 fully saturated rings. The molecule has 4 unspecified atom stereocenters. The normalized spacial score (nSPS) is 38.0. The average Bonchev–Trinajstić information content (AvgIpc) is 3.33. The second-order valence-corrected chi connectivity index (χ2v) is 17.4. The van der Waals surface area contributed by atoms with E-state index in [4.69, 9.17) is 9.92 Å². The predicted octanol–water partition coefficient (Wildman–Crippen LogP) is 4.75. The van der Waals surface area contributed by atoms with E-state index in [-0.39, 0.29) is 17.4 Å². The largest absolute Gasteiger partial charge is 0.397 e. The molecule has 4 rings (SSSR count). The number of aliphatic hydroxyl groups excluding tert-OH is 1. The topological polar surface area (TPSA) is 146 Å². The Morgan fingerprint density at radius 1 is 0.867 bits per heavy atom. The summed E-state index contributed by atoms with van der Waals surface area (Å²) in [5.41, 5.74) is 6.08. The van der Waals surface area contributed by atoms with Crippen molar-refractivity contribution in [3.63, 3.8) is 0 Å². The van der Waals surface area contributed by atoms with Gasteiger partial charge in [-0.3, -0.25) is 4.55 Å². The maximum absolute atomic E-state index is 11.8. The SMILES string of the molecule is CC(C)[C@@H](CC[C@H](C)[C@H]1CCC2C3C(CC[C@@]21C)[C@@]1(C)CC[C@H](NCCCNCCNCCCN)CC1C[C@@H]3O)OS(=O)(=O)O. The molecule has 4 saturated carbocycles. The molecular weight excluding hydrogens is 588 g/mol. The molecule has 0 bridgehead atoms. The molecule has 45 heavy (non-hydrogen) atoms. The molecule has 0 aliphatic heterocycles. The number of fused-ring (bicyclic) bond motifs is 5. The minimum atomic E-state index is -4.46. The molecule has 0 heterocycles. The van der Waals surface area contributed by atoms with E-state index in [1.807, 2.05) is 13.8 Å². The van der Waals surface area contributed by atoms with Gasteiger partial charge in [0, 0.05) is 19.1 Å². The number of aliphatic hydroxyl groups is 1. The van der Waals surface area contributed by atoms with Gasteiger partial charge in [0.1, 0.15) is 0 Å². The lowest BCUT2D eigenvalue weighted by Gasteiger charge is -2.62. The van der Waals surface area contributed by atoms with Crippen molar-refractivity contribution in [1.29, 1.82) is 0 Å². The van der Waals surface area contributed by atoms with Crippen LogP contribution in [0.2, 0.25) is 0 Å². The van der Waals surface area contributed by atoms with E-state index in [1.165, 1.54) is 44.9 Å². The van der Waals surface area contributed by atoms with Crippen molar-refractivity contribution in [2.75, 3.05) is 39.3 Å². The Balaban J connectivity index is 1.27. The Hall–Kier alpha value is -0.330. The Bertz CT molecular complexity index is 1020. The molecular formula is C35H68N4O5S. The molecule has 11 atom stereocenters. The fourth-order valence-electron chi connectivity index (χ4n) is 10.8. The molecule has 0 amide bonds. The lowest BCUT2D eigenvalue weighted by Crippen LogP contribution is -2.59. The summed E-state index contributed by atoms with van der Waals surface area (Å²) in [5.74, 6) is 3.19. The van der Waals surface area contributed by atoms with Crippen LogP contribution in [-0.4, -0.2) is 75.6 Å². The fraction of sp³-hybridized carbons (Fsp3) is 1.00. The van der Waals surface area contributed by atoms with Crippen molar-refractivity contribution >= 4 is 10.4 Å². The maximum atomic E-state index is 11.8. The highest BCUT2D eigenvalue weighted by molar-refractivity contribution is 7.80. The van der Waals surface area contributed by atoms with E-state index in [2.05, 4.69) is 36.7 Å². The Labute approximate surface area is 275 Å². The maximum Gasteiger partial charge on any atom is 0.397 e. The first-order valence-corrected chi connectivity index (χ1v) is 19.8. The van der Waals surface area contributed by atoms with Gasteiger partial charge in [-0.25, -0.2) is 4.18 Å². The van der Waals surface area contributed by atoms with Crippen molar-refractivity contribution in [1.82, 2.24) is 16.0 Å². The first-order chi connectivity index (χ1) is 21.3. The van der Waals surface area contributed by atoms with E-state index in [0.717, 1.165) is 65.0 Å². The van der Waals surface area contributed by atoms with Crippen LogP contribution in [0.25, 0.3) is 0 Å². The minimum absolute atomic E-state index is 0.0133. The lowest BCUT2D eigenvalue weighted by molar-refractivity contribution is -0.167. The molecule has 0 aromatic carbocycles. The van der Waals surface area contributed by atoms with Crippen LogP contribution in [0.3, 0.4) is 0 Å². The molecule has 0 radical (unpaired) electrons. The van der Waals surface area contributed by atoms with Gasteiger partial charge in [-0.1, -0.05) is 34.6 Å². The van der Waals surface area contributed by atoms with E-state index in [9.17, 15) is 18.1 Å². The molecule has 4 aliphatic rings. The van der Waals surface area contributed by atoms with Gasteiger partial charge in [0.25, 0.3) is 0 Å². The number of nitrogens with one attached hydrogen (secondary N) is 3. The first-order valence-electron chi connectivity index (χ1n) is 18.5. The average molecular weight is 657 g/mol. The number of hydrogen-bond acceptors (Lipinski definition) is 8. The Morgan fingerprint density at radius 2 is 1.53 bits per heavy atom. The zero-order valence-electron chi connectivity index (χ0n) is 29.1. The molecule has 0 aromatic rings. The quantitative estimate of drug-likeness (QED) is 0.0909. The van der Waals surface area contributed by atoms with Crippen molar-refractivity contribution in [2.24, 2.45) is 58.0 Å². The van der Waals surface area contributed by atoms with E-state index in [0.29, 0.717) is 53.4 Å². The van der Waals surface area contributed by atoms with Crippen LogP contribution in [-0.2, 0) is 14.6 Å². The molecule has 264 valence electrons. The molecule has 4 aliphatic carbocycles. The zero-order chi connectivity index (χ0) is 32.8. The highest BCUT2D eigenvalue weighted by Gasteiger charge is 2.62. The monoisotopic (exact) mass is 656 g/mol. The van der Waals surface area contributed by atoms with E-state index < -0.39 is 16.5 Å². The fourth-order valence-corrected chi connectivity index (χ4v) is 11.5. The molecule has 7 N–H and O–H groups in total. The molecule has 10 heteroatoms. The van der Waals surface area contributed by atoms with Crippen molar-refractivity contribution in [3.05, 3.63) is 0 Å². The summed E-state index contributed by atoms with van der Waals surface area (Å²) in [6.45, 7) is 17.1. The summed E-state index contributed by atoms with van der Waals surface area (Å²) in [5, 5.41) is 22.6. The van der Waals surface area contributed by atoms with Gasteiger partial charge in [-0.15, -0.1) is 0 Å². The van der Waals surface area contributed by atoms with Gasteiger partial charge in [0.15, 0.2) is 0 Å². The first kappa shape index (κ1) is 37.5. The van der Waals surface area contributed by atoms with Crippen LogP contribution in [0.5, 0.6) is 0 Å². The Morgan fingerprint density at radius 3 is 2.20 bits per heavy atom. The van der Waals surface area contributed by atoms with Crippen LogP contribution in [0.15, 0.2) is 0 Å². The molecule has 0 aromatic heterocycles. The van der Waals surface area contributed by atoms with Gasteiger partial charge >= 0.3 is 10.4 Å². The van der Waals surface area contributed by atoms with Crippen LogP contribution in [0.4, 0.5) is 0 Å². The Kier molecular flexibility index (Phi) is 13.6. The highest BCUT2D eigenvalue weighted by atomic mass is 32.3. The summed E-state index contributed by atoms with van der Waals surface area (Å²) in [7, 11) is -4.46. The smallest absolute Gasteiger partial charge is 0.393 e. The van der Waals surface area contributed by atoms with Crippen molar-refractivity contribution in [2.45, 2.75) is 130 Å². The highest BCUT2D eigenvalue weighted by Crippen LogP contribution is 2.68. The summed E-state index contributed by atoms with van der Waals surface area (Å²) in [4.78, 5) is 0. The summed E-state index contributed by atoms with van der Waals surface area (Å²) in [6, 6.07) is 0.565. The molecule has 0 spiro atoms. The molecule has 0 saturated heterocycles. The van der Waals surface area contributed by atoms with Crippen LogP contribution >= 0.6 is 0 Å². The number of rotatable bonds is 18. The van der Waals surface area contributed by atoms with Gasteiger partial charge < -0.3 is 26.8 Å². The van der Waals surface area contributed by atoms with E-state index >= 15 is 0 Å². The van der Waals surface area contributed by atoms with Gasteiger partial charge in [-0.05, 0) is 155 Å². The van der Waals surface area contributed by atoms with Crippen LogP contribution in [0.1, 0.15) is 112 Å². The number of hydrogen-bond donors (Lipinski definition) is 6. The second-order valence-electron chi connectivity index (χ2n) is 16.3. The van der Waals surface area contributed by atoms with Crippen LogP contribution in [0, 0.1) is 52.3 Å². The zero-order valence-corrected chi connectivity index (χ0v) is 29.9. The summed E-state index contributed by atoms with van der Waals surface area (Å²) < 4.78 is 37.1. The third kappa shape index (κ3) is 9.22. The second kappa shape index (κ2) is 16.4. The van der Waals surface area contributed by atoms with E-state index in [1.54, 1.807) is 0 Å². The summed E-state index contributed by atoms with van der Waals surface area (Å²) >= 11 is 0.